The fourth-order valence-electron chi connectivity index (χ4n) is 5.55. The fraction of sp³-hybridized carbons (Fsp3) is 0.615. The minimum absolute atomic E-state index is 0.0411. The van der Waals surface area contributed by atoms with Crippen molar-refractivity contribution in [3.05, 3.63) is 52.6 Å². The Hall–Kier alpha value is -2.56. The average Bonchev–Trinajstić information content (AvgIpc) is 3.51. The number of amides is 1. The molecule has 0 spiro atoms. The third-order valence-electron chi connectivity index (χ3n) is 7.09. The van der Waals surface area contributed by atoms with E-state index in [1.165, 1.54) is 5.69 Å². The molecule has 2 saturated heterocycles. The van der Waals surface area contributed by atoms with Crippen molar-refractivity contribution in [2.75, 3.05) is 19.8 Å². The standard InChI is InChI=1S/C26H34F2N4O4/c1-15-29-22-11-31(12-23(22)32(15)17-7-8-34-13-17)18-10-21(30-25(33)36-26(2,3)4)24(35-14-18)19-9-16(27)5-6-20(19)28/h5-6,9,17-18,21,24H,7-8,10-14H2,1-4H3,(H,30,33)/t17-,18+,21-,24+/m0/s1. The third-order valence-corrected chi connectivity index (χ3v) is 7.09. The zero-order valence-electron chi connectivity index (χ0n) is 21.2. The van der Waals surface area contributed by atoms with Crippen molar-refractivity contribution in [3.63, 3.8) is 0 Å². The van der Waals surface area contributed by atoms with E-state index in [9.17, 15) is 13.6 Å². The van der Waals surface area contributed by atoms with Gasteiger partial charge < -0.3 is 24.1 Å². The van der Waals surface area contributed by atoms with Crippen LogP contribution >= 0.6 is 0 Å². The number of imidazole rings is 1. The maximum absolute atomic E-state index is 14.7. The van der Waals surface area contributed by atoms with Crippen molar-refractivity contribution >= 4 is 6.09 Å². The van der Waals surface area contributed by atoms with Gasteiger partial charge in [0, 0.05) is 31.3 Å². The lowest BCUT2D eigenvalue weighted by Gasteiger charge is -2.40. The zero-order valence-corrected chi connectivity index (χ0v) is 21.2. The molecule has 0 bridgehead atoms. The topological polar surface area (TPSA) is 77.9 Å². The van der Waals surface area contributed by atoms with Gasteiger partial charge in [-0.25, -0.2) is 18.6 Å². The Balaban J connectivity index is 1.35. The van der Waals surface area contributed by atoms with Crippen LogP contribution in [0.1, 0.15) is 68.5 Å². The molecule has 1 aromatic heterocycles. The molecular formula is C26H34F2N4O4. The molecule has 2 fully saturated rings. The van der Waals surface area contributed by atoms with Gasteiger partial charge in [-0.15, -0.1) is 0 Å². The first-order valence-corrected chi connectivity index (χ1v) is 12.5. The maximum Gasteiger partial charge on any atom is 0.407 e. The van der Waals surface area contributed by atoms with Gasteiger partial charge in [0.15, 0.2) is 0 Å². The van der Waals surface area contributed by atoms with Gasteiger partial charge in [-0.1, -0.05) is 0 Å². The number of ether oxygens (including phenoxy) is 3. The number of fused-ring (bicyclic) bond motifs is 1. The summed E-state index contributed by atoms with van der Waals surface area (Å²) in [5.74, 6) is -0.129. The van der Waals surface area contributed by atoms with Gasteiger partial charge in [-0.05, 0) is 58.7 Å². The summed E-state index contributed by atoms with van der Waals surface area (Å²) in [6, 6.07) is 2.94. The molecule has 0 saturated carbocycles. The molecule has 8 nitrogen and oxygen atoms in total. The van der Waals surface area contributed by atoms with E-state index >= 15 is 0 Å². The van der Waals surface area contributed by atoms with Crippen LogP contribution in [0.5, 0.6) is 0 Å². The smallest absolute Gasteiger partial charge is 0.407 e. The van der Waals surface area contributed by atoms with Gasteiger partial charge in [0.2, 0.25) is 0 Å². The molecular weight excluding hydrogens is 470 g/mol. The second kappa shape index (κ2) is 9.72. The Morgan fingerprint density at radius 3 is 2.72 bits per heavy atom. The van der Waals surface area contributed by atoms with E-state index in [0.29, 0.717) is 38.8 Å². The van der Waals surface area contributed by atoms with Crippen LogP contribution in [-0.4, -0.2) is 58.0 Å². The molecule has 0 radical (unpaired) electrons. The van der Waals surface area contributed by atoms with Crippen LogP contribution in [0.2, 0.25) is 0 Å². The van der Waals surface area contributed by atoms with E-state index in [4.69, 9.17) is 19.2 Å². The normalized spacial score (nSPS) is 26.7. The number of benzene rings is 1. The van der Waals surface area contributed by atoms with Crippen LogP contribution < -0.4 is 5.32 Å². The molecule has 5 rings (SSSR count). The van der Waals surface area contributed by atoms with Crippen LogP contribution in [0, 0.1) is 18.6 Å². The predicted molar refractivity (Wildman–Crippen MR) is 127 cm³/mol. The Morgan fingerprint density at radius 1 is 1.19 bits per heavy atom. The van der Waals surface area contributed by atoms with Crippen LogP contribution in [-0.2, 0) is 27.3 Å². The molecule has 4 heterocycles. The largest absolute Gasteiger partial charge is 0.444 e. The SMILES string of the molecule is Cc1nc2c(n1[C@H]1CCOC1)CN([C@H]1CO[C@H](c3cc(F)ccc3F)[C@@H](NC(=O)OC(C)(C)C)C1)C2. The molecule has 3 aliphatic heterocycles. The molecule has 3 aliphatic rings. The second-order valence-corrected chi connectivity index (χ2v) is 10.9. The lowest BCUT2D eigenvalue weighted by Crippen LogP contribution is -2.52. The molecule has 2 aromatic rings. The van der Waals surface area contributed by atoms with E-state index in [1.54, 1.807) is 20.8 Å². The van der Waals surface area contributed by atoms with Gasteiger partial charge >= 0.3 is 6.09 Å². The minimum Gasteiger partial charge on any atom is -0.444 e. The number of carbonyl (C=O) groups excluding carboxylic acids is 1. The predicted octanol–water partition coefficient (Wildman–Crippen LogP) is 4.17. The van der Waals surface area contributed by atoms with Crippen molar-refractivity contribution in [2.24, 2.45) is 0 Å². The van der Waals surface area contributed by atoms with Crippen LogP contribution in [0.25, 0.3) is 0 Å². The van der Waals surface area contributed by atoms with Gasteiger partial charge in [-0.2, -0.15) is 0 Å². The summed E-state index contributed by atoms with van der Waals surface area (Å²) in [7, 11) is 0. The lowest BCUT2D eigenvalue weighted by atomic mass is 9.92. The molecule has 36 heavy (non-hydrogen) atoms. The number of halogens is 2. The number of nitrogens with zero attached hydrogens (tertiary/aromatic N) is 3. The van der Waals surface area contributed by atoms with Gasteiger partial charge in [0.05, 0.1) is 36.7 Å². The molecule has 1 N–H and O–H groups in total. The lowest BCUT2D eigenvalue weighted by molar-refractivity contribution is -0.0631. The Labute approximate surface area is 209 Å². The van der Waals surface area contributed by atoms with E-state index in [-0.39, 0.29) is 11.6 Å². The number of alkyl carbamates (subject to hydrolysis) is 1. The molecule has 10 heteroatoms. The molecule has 196 valence electrons. The number of hydrogen-bond donors (Lipinski definition) is 1. The first-order valence-electron chi connectivity index (χ1n) is 12.5. The van der Waals surface area contributed by atoms with E-state index in [0.717, 1.165) is 42.7 Å². The molecule has 1 aromatic carbocycles. The summed E-state index contributed by atoms with van der Waals surface area (Å²) in [6.45, 7) is 10.5. The number of nitrogens with one attached hydrogen (secondary N) is 1. The quantitative estimate of drug-likeness (QED) is 0.674. The summed E-state index contributed by atoms with van der Waals surface area (Å²) < 4.78 is 48.2. The van der Waals surface area contributed by atoms with Crippen molar-refractivity contribution in [2.45, 2.75) is 83.5 Å². The Bertz CT molecular complexity index is 1130. The monoisotopic (exact) mass is 504 g/mol. The summed E-state index contributed by atoms with van der Waals surface area (Å²) in [5, 5.41) is 2.87. The number of rotatable bonds is 4. The maximum atomic E-state index is 14.7. The Kier molecular flexibility index (Phi) is 6.78. The number of aryl methyl sites for hydroxylation is 1. The summed E-state index contributed by atoms with van der Waals surface area (Å²) in [5.41, 5.74) is 1.64. The van der Waals surface area contributed by atoms with Gasteiger partial charge in [0.1, 0.15) is 29.2 Å². The summed E-state index contributed by atoms with van der Waals surface area (Å²) in [4.78, 5) is 19.8. The van der Waals surface area contributed by atoms with Crippen LogP contribution in [0.4, 0.5) is 13.6 Å². The number of carbonyl (C=O) groups is 1. The molecule has 4 atom stereocenters. The van der Waals surface area contributed by atoms with E-state index in [1.807, 2.05) is 6.92 Å². The van der Waals surface area contributed by atoms with E-state index in [2.05, 4.69) is 14.8 Å². The average molecular weight is 505 g/mol. The van der Waals surface area contributed by atoms with Crippen molar-refractivity contribution in [1.29, 1.82) is 0 Å². The van der Waals surface area contributed by atoms with Crippen LogP contribution in [0.15, 0.2) is 18.2 Å². The molecule has 0 aliphatic carbocycles. The number of hydrogen-bond acceptors (Lipinski definition) is 6. The second-order valence-electron chi connectivity index (χ2n) is 10.9. The third kappa shape index (κ3) is 5.12. The van der Waals surface area contributed by atoms with Crippen LogP contribution in [0.3, 0.4) is 0 Å². The van der Waals surface area contributed by atoms with Crippen molar-refractivity contribution < 1.29 is 27.8 Å². The van der Waals surface area contributed by atoms with Crippen molar-refractivity contribution in [3.8, 4) is 0 Å². The summed E-state index contributed by atoms with van der Waals surface area (Å²) >= 11 is 0. The highest BCUT2D eigenvalue weighted by Gasteiger charge is 2.41. The summed E-state index contributed by atoms with van der Waals surface area (Å²) in [6.07, 6.45) is 0.0155. The highest BCUT2D eigenvalue weighted by molar-refractivity contribution is 5.68. The first kappa shape index (κ1) is 25.1. The number of aromatic nitrogens is 2. The van der Waals surface area contributed by atoms with Gasteiger partial charge in [-0.3, -0.25) is 4.90 Å². The molecule has 1 amide bonds. The van der Waals surface area contributed by atoms with Gasteiger partial charge in [0.25, 0.3) is 0 Å². The Morgan fingerprint density at radius 2 is 2.00 bits per heavy atom. The van der Waals surface area contributed by atoms with E-state index < -0.39 is 35.5 Å². The fourth-order valence-corrected chi connectivity index (χ4v) is 5.55. The first-order chi connectivity index (χ1) is 17.1. The highest BCUT2D eigenvalue weighted by atomic mass is 19.1. The molecule has 0 unspecified atom stereocenters. The van der Waals surface area contributed by atoms with Crippen molar-refractivity contribution in [1.82, 2.24) is 19.8 Å². The zero-order chi connectivity index (χ0) is 25.6. The highest BCUT2D eigenvalue weighted by Crippen LogP contribution is 2.37. The minimum atomic E-state index is -0.834.